The Morgan fingerprint density at radius 1 is 1.12 bits per heavy atom. The van der Waals surface area contributed by atoms with Crippen molar-refractivity contribution in [3.05, 3.63) is 53.3 Å². The Hall–Kier alpha value is -2.27. The predicted octanol–water partition coefficient (Wildman–Crippen LogP) is 3.45. The number of pyridine rings is 1. The van der Waals surface area contributed by atoms with E-state index in [1.165, 1.54) is 0 Å². The van der Waals surface area contributed by atoms with Gasteiger partial charge < -0.3 is 15.1 Å². The molecule has 1 saturated heterocycles. The molecule has 1 aliphatic rings. The van der Waals surface area contributed by atoms with Gasteiger partial charge in [-0.1, -0.05) is 31.5 Å². The summed E-state index contributed by atoms with van der Waals surface area (Å²) in [6.45, 7) is 8.40. The van der Waals surface area contributed by atoms with Gasteiger partial charge >= 0.3 is 0 Å². The van der Waals surface area contributed by atoms with Gasteiger partial charge in [0.1, 0.15) is 0 Å². The van der Waals surface area contributed by atoms with Gasteiger partial charge in [0.15, 0.2) is 0 Å². The molecule has 0 atom stereocenters. The highest BCUT2D eigenvalue weighted by atomic mass is 35.5. The summed E-state index contributed by atoms with van der Waals surface area (Å²) >= 11 is 6.10. The molecule has 1 amide bonds. The molecule has 0 bridgehead atoms. The molecule has 1 aromatic heterocycles. The van der Waals surface area contributed by atoms with E-state index in [1.54, 1.807) is 6.20 Å². The number of benzene rings is 1. The molecule has 0 aliphatic carbocycles. The van der Waals surface area contributed by atoms with Crippen molar-refractivity contribution in [2.75, 3.05) is 42.5 Å². The minimum Gasteiger partial charge on any atom is -0.368 e. The molecule has 2 aromatic rings. The standard InChI is InChI=1S/C20H25ClN4O/c1-15(2)12-23-20(26)16-10-19(14-22-13-16)25-8-6-24(7-9-25)18-5-3-4-17(21)11-18/h3-5,10-11,13-15H,6-9,12H2,1-2H3,(H,23,26). The number of carbonyl (C=O) groups is 1. The van der Waals surface area contributed by atoms with E-state index < -0.39 is 0 Å². The summed E-state index contributed by atoms with van der Waals surface area (Å²) in [7, 11) is 0. The van der Waals surface area contributed by atoms with Gasteiger partial charge in [-0.15, -0.1) is 0 Å². The van der Waals surface area contributed by atoms with Crippen LogP contribution in [-0.2, 0) is 0 Å². The minimum atomic E-state index is -0.0642. The van der Waals surface area contributed by atoms with Crippen molar-refractivity contribution in [2.45, 2.75) is 13.8 Å². The lowest BCUT2D eigenvalue weighted by Gasteiger charge is -2.37. The van der Waals surface area contributed by atoms with Crippen LogP contribution in [0.1, 0.15) is 24.2 Å². The number of hydrogen-bond donors (Lipinski definition) is 1. The Bertz CT molecular complexity index is 757. The summed E-state index contributed by atoms with van der Waals surface area (Å²) in [5, 5.41) is 3.70. The number of piperazine rings is 1. The van der Waals surface area contributed by atoms with Gasteiger partial charge in [0, 0.05) is 49.6 Å². The molecule has 5 nitrogen and oxygen atoms in total. The molecule has 3 rings (SSSR count). The first-order valence-electron chi connectivity index (χ1n) is 9.01. The molecule has 6 heteroatoms. The summed E-state index contributed by atoms with van der Waals surface area (Å²) in [5.41, 5.74) is 2.76. The summed E-state index contributed by atoms with van der Waals surface area (Å²) in [6, 6.07) is 9.88. The Labute approximate surface area is 160 Å². The monoisotopic (exact) mass is 372 g/mol. The van der Waals surface area contributed by atoms with Gasteiger partial charge in [0.2, 0.25) is 0 Å². The van der Waals surface area contributed by atoms with Crippen molar-refractivity contribution in [1.82, 2.24) is 10.3 Å². The van der Waals surface area contributed by atoms with E-state index in [9.17, 15) is 4.79 Å². The lowest BCUT2D eigenvalue weighted by molar-refractivity contribution is 0.0948. The van der Waals surface area contributed by atoms with Gasteiger partial charge in [0.25, 0.3) is 5.91 Å². The number of hydrogen-bond acceptors (Lipinski definition) is 4. The van der Waals surface area contributed by atoms with E-state index in [0.717, 1.165) is 42.6 Å². The largest absolute Gasteiger partial charge is 0.368 e. The highest BCUT2D eigenvalue weighted by Gasteiger charge is 2.19. The van der Waals surface area contributed by atoms with E-state index in [-0.39, 0.29) is 5.91 Å². The first-order valence-corrected chi connectivity index (χ1v) is 9.39. The van der Waals surface area contributed by atoms with Crippen molar-refractivity contribution in [2.24, 2.45) is 5.92 Å². The Morgan fingerprint density at radius 2 is 1.81 bits per heavy atom. The molecule has 2 heterocycles. The molecule has 0 spiro atoms. The van der Waals surface area contributed by atoms with Gasteiger partial charge in [0.05, 0.1) is 17.4 Å². The third kappa shape index (κ3) is 4.67. The third-order valence-corrected chi connectivity index (χ3v) is 4.71. The maximum absolute atomic E-state index is 12.3. The molecule has 26 heavy (non-hydrogen) atoms. The number of nitrogens with one attached hydrogen (secondary N) is 1. The molecule has 1 fully saturated rings. The SMILES string of the molecule is CC(C)CNC(=O)c1cncc(N2CCN(c3cccc(Cl)c3)CC2)c1. The Morgan fingerprint density at radius 3 is 2.46 bits per heavy atom. The topological polar surface area (TPSA) is 48.5 Å². The fraction of sp³-hybridized carbons (Fsp3) is 0.400. The van der Waals surface area contributed by atoms with Gasteiger partial charge in [-0.05, 0) is 30.2 Å². The molecule has 1 aliphatic heterocycles. The lowest BCUT2D eigenvalue weighted by atomic mass is 10.2. The molecule has 1 aromatic carbocycles. The van der Waals surface area contributed by atoms with Crippen LogP contribution in [0.25, 0.3) is 0 Å². The van der Waals surface area contributed by atoms with Gasteiger partial charge in [-0.2, -0.15) is 0 Å². The average Bonchev–Trinajstić information content (AvgIpc) is 2.66. The normalized spacial score (nSPS) is 14.6. The molecule has 0 saturated carbocycles. The average molecular weight is 373 g/mol. The molecule has 1 N–H and O–H groups in total. The smallest absolute Gasteiger partial charge is 0.252 e. The Kier molecular flexibility index (Phi) is 5.99. The highest BCUT2D eigenvalue weighted by molar-refractivity contribution is 6.30. The van der Waals surface area contributed by atoms with Crippen LogP contribution in [0.15, 0.2) is 42.7 Å². The van der Waals surface area contributed by atoms with Crippen molar-refractivity contribution in [3.8, 4) is 0 Å². The molecular formula is C20H25ClN4O. The van der Waals surface area contributed by atoms with E-state index in [1.807, 2.05) is 30.5 Å². The molecule has 0 unspecified atom stereocenters. The van der Waals surface area contributed by atoms with Crippen LogP contribution in [0.2, 0.25) is 5.02 Å². The van der Waals surface area contributed by atoms with Crippen molar-refractivity contribution >= 4 is 28.9 Å². The van der Waals surface area contributed by atoms with Crippen LogP contribution < -0.4 is 15.1 Å². The van der Waals surface area contributed by atoms with Crippen LogP contribution in [0.3, 0.4) is 0 Å². The quantitative estimate of drug-likeness (QED) is 0.873. The first-order chi connectivity index (χ1) is 12.5. The van der Waals surface area contributed by atoms with Crippen molar-refractivity contribution in [1.29, 1.82) is 0 Å². The molecular weight excluding hydrogens is 348 g/mol. The second-order valence-corrected chi connectivity index (χ2v) is 7.43. The fourth-order valence-electron chi connectivity index (χ4n) is 3.02. The van der Waals surface area contributed by atoms with Crippen LogP contribution in [0.5, 0.6) is 0 Å². The summed E-state index contributed by atoms with van der Waals surface area (Å²) in [6.07, 6.45) is 3.45. The van der Waals surface area contributed by atoms with Crippen LogP contribution in [0, 0.1) is 5.92 Å². The van der Waals surface area contributed by atoms with Crippen molar-refractivity contribution in [3.63, 3.8) is 0 Å². The minimum absolute atomic E-state index is 0.0642. The molecule has 138 valence electrons. The predicted molar refractivity (Wildman–Crippen MR) is 107 cm³/mol. The van der Waals surface area contributed by atoms with Crippen LogP contribution in [-0.4, -0.2) is 43.6 Å². The maximum atomic E-state index is 12.3. The summed E-state index contributed by atoms with van der Waals surface area (Å²) in [5.74, 6) is 0.361. The number of aromatic nitrogens is 1. The lowest BCUT2D eigenvalue weighted by Crippen LogP contribution is -2.46. The van der Waals surface area contributed by atoms with Gasteiger partial charge in [-0.3, -0.25) is 9.78 Å². The molecule has 0 radical (unpaired) electrons. The summed E-state index contributed by atoms with van der Waals surface area (Å²) < 4.78 is 0. The second kappa shape index (κ2) is 8.41. The zero-order chi connectivity index (χ0) is 18.5. The highest BCUT2D eigenvalue weighted by Crippen LogP contribution is 2.23. The van der Waals surface area contributed by atoms with Crippen molar-refractivity contribution < 1.29 is 4.79 Å². The second-order valence-electron chi connectivity index (χ2n) is 6.99. The zero-order valence-corrected chi connectivity index (χ0v) is 16.0. The van der Waals surface area contributed by atoms with Gasteiger partial charge in [-0.25, -0.2) is 0 Å². The van der Waals surface area contributed by atoms with E-state index in [0.29, 0.717) is 18.0 Å². The number of halogens is 1. The van der Waals surface area contributed by atoms with E-state index >= 15 is 0 Å². The van der Waals surface area contributed by atoms with E-state index in [4.69, 9.17) is 11.6 Å². The van der Waals surface area contributed by atoms with Crippen LogP contribution >= 0.6 is 11.6 Å². The number of rotatable bonds is 5. The first kappa shape index (κ1) is 18.5. The third-order valence-electron chi connectivity index (χ3n) is 4.48. The van der Waals surface area contributed by atoms with Crippen LogP contribution in [0.4, 0.5) is 11.4 Å². The number of anilines is 2. The fourth-order valence-corrected chi connectivity index (χ4v) is 3.20. The van der Waals surface area contributed by atoms with E-state index in [2.05, 4.69) is 40.0 Å². The number of carbonyl (C=O) groups excluding carboxylic acids is 1. The zero-order valence-electron chi connectivity index (χ0n) is 15.3. The summed E-state index contributed by atoms with van der Waals surface area (Å²) in [4.78, 5) is 21.1. The maximum Gasteiger partial charge on any atom is 0.252 e. The number of amides is 1. The Balaban J connectivity index is 1.62. The number of nitrogens with zero attached hydrogens (tertiary/aromatic N) is 3.